The average Bonchev–Trinajstić information content (AvgIpc) is 3.22. The van der Waals surface area contributed by atoms with Gasteiger partial charge in [-0.15, -0.1) is 0 Å². The topological polar surface area (TPSA) is 72.9 Å². The third-order valence-corrected chi connectivity index (χ3v) is 7.54. The number of hydrogen-bond donors (Lipinski definition) is 0. The largest absolute Gasteiger partial charge is 0.489 e. The van der Waals surface area contributed by atoms with Crippen molar-refractivity contribution in [3.8, 4) is 5.75 Å². The van der Waals surface area contributed by atoms with E-state index in [0.29, 0.717) is 49.1 Å². The Morgan fingerprint density at radius 3 is 2.51 bits per heavy atom. The molecule has 2 aliphatic heterocycles. The van der Waals surface area contributed by atoms with Crippen LogP contribution in [0.1, 0.15) is 111 Å². The lowest BCUT2D eigenvalue weighted by Crippen LogP contribution is -2.49. The Kier molecular flexibility index (Phi) is 8.48. The molecule has 0 N–H and O–H groups in total. The number of amides is 1. The van der Waals surface area contributed by atoms with Crippen LogP contribution >= 0.6 is 0 Å². The predicted molar refractivity (Wildman–Crippen MR) is 148 cm³/mol. The van der Waals surface area contributed by atoms with E-state index in [1.807, 2.05) is 43.3 Å². The van der Waals surface area contributed by atoms with Crippen molar-refractivity contribution >= 4 is 17.7 Å². The highest BCUT2D eigenvalue weighted by atomic mass is 19.1. The summed E-state index contributed by atoms with van der Waals surface area (Å²) in [5, 5.41) is 0. The number of carbonyl (C=O) groups is 3. The molecule has 4 rings (SSSR count). The fourth-order valence-electron chi connectivity index (χ4n) is 5.67. The van der Waals surface area contributed by atoms with Crippen molar-refractivity contribution in [2.24, 2.45) is 0 Å². The minimum atomic E-state index is -1.56. The first kappa shape index (κ1) is 28.8. The number of Topliss-reactive ketones (excluding diaryl/α,β-unsaturated/α-hetero) is 2. The number of hydrogen-bond acceptors (Lipinski definition) is 5. The summed E-state index contributed by atoms with van der Waals surface area (Å²) in [5.41, 5.74) is 0.601. The number of fused-ring (bicyclic) bond motifs is 1. The highest BCUT2D eigenvalue weighted by molar-refractivity contribution is 6.04. The second-order valence-electron chi connectivity index (χ2n) is 11.9. The number of ketones is 2. The molecule has 2 heterocycles. The number of rotatable bonds is 8. The van der Waals surface area contributed by atoms with Gasteiger partial charge in [0.25, 0.3) is 0 Å². The van der Waals surface area contributed by atoms with Gasteiger partial charge in [-0.25, -0.2) is 9.18 Å². The number of alkyl halides is 1. The SMILES string of the molecule is CCC(=O)c1cc(C(=O)CCC[C@]2(F)CCCN(C(=O)OC(C)(C)C)C2)cc2c1O[C@H](C)[C@H]2c1ccccc1. The zero-order valence-corrected chi connectivity index (χ0v) is 23.7. The van der Waals surface area contributed by atoms with Gasteiger partial charge in [0.05, 0.1) is 12.1 Å². The van der Waals surface area contributed by atoms with Crippen LogP contribution in [0.25, 0.3) is 0 Å². The molecule has 2 aromatic rings. The number of nitrogens with zero attached hydrogens (tertiary/aromatic N) is 1. The van der Waals surface area contributed by atoms with Crippen LogP contribution in [-0.4, -0.2) is 53.0 Å². The number of ether oxygens (including phenoxy) is 2. The summed E-state index contributed by atoms with van der Waals surface area (Å²) in [7, 11) is 0. The van der Waals surface area contributed by atoms with Crippen LogP contribution in [0.5, 0.6) is 5.75 Å². The molecule has 0 bridgehead atoms. The number of halogens is 1. The second-order valence-corrected chi connectivity index (χ2v) is 11.9. The molecule has 1 fully saturated rings. The maximum absolute atomic E-state index is 15.7. The fourth-order valence-corrected chi connectivity index (χ4v) is 5.67. The standard InChI is InChI=1S/C32H40FNO5/c1-6-26(35)24-18-23(19-25-28(21(2)38-29(24)25)22-12-8-7-9-13-22)27(36)14-10-15-32(33)16-11-17-34(20-32)30(37)39-31(3,4)5/h7-9,12-13,18-19,21,28H,6,10-11,14-17,20H2,1-5H3/t21-,28+,32+/m1/s1. The molecule has 0 aliphatic carbocycles. The number of carbonyl (C=O) groups excluding carboxylic acids is 3. The minimum Gasteiger partial charge on any atom is -0.489 e. The zero-order valence-electron chi connectivity index (χ0n) is 23.7. The third-order valence-electron chi connectivity index (χ3n) is 7.54. The van der Waals surface area contributed by atoms with Gasteiger partial charge in [-0.05, 0) is 71.1 Å². The van der Waals surface area contributed by atoms with E-state index in [0.717, 1.165) is 11.1 Å². The van der Waals surface area contributed by atoms with Crippen LogP contribution in [0.15, 0.2) is 42.5 Å². The highest BCUT2D eigenvalue weighted by Crippen LogP contribution is 2.45. The van der Waals surface area contributed by atoms with Gasteiger partial charge >= 0.3 is 6.09 Å². The highest BCUT2D eigenvalue weighted by Gasteiger charge is 2.39. The van der Waals surface area contributed by atoms with Gasteiger partial charge in [-0.3, -0.25) is 9.59 Å². The van der Waals surface area contributed by atoms with Crippen LogP contribution in [-0.2, 0) is 4.74 Å². The zero-order chi connectivity index (χ0) is 28.4. The summed E-state index contributed by atoms with van der Waals surface area (Å²) in [5.74, 6) is 0.270. The molecule has 210 valence electrons. The number of benzene rings is 2. The van der Waals surface area contributed by atoms with Crippen molar-refractivity contribution < 1.29 is 28.2 Å². The third kappa shape index (κ3) is 6.68. The Labute approximate surface area is 230 Å². The van der Waals surface area contributed by atoms with E-state index < -0.39 is 17.4 Å². The van der Waals surface area contributed by atoms with E-state index in [-0.39, 0.29) is 43.0 Å². The van der Waals surface area contributed by atoms with Gasteiger partial charge in [0, 0.05) is 36.4 Å². The molecule has 1 amide bonds. The van der Waals surface area contributed by atoms with Gasteiger partial charge < -0.3 is 14.4 Å². The van der Waals surface area contributed by atoms with Gasteiger partial charge in [-0.1, -0.05) is 37.3 Å². The first-order chi connectivity index (χ1) is 18.4. The Bertz CT molecular complexity index is 1220. The van der Waals surface area contributed by atoms with Gasteiger partial charge in [0.15, 0.2) is 11.6 Å². The van der Waals surface area contributed by atoms with Crippen molar-refractivity contribution in [3.05, 3.63) is 64.7 Å². The molecule has 0 unspecified atom stereocenters. The summed E-state index contributed by atoms with van der Waals surface area (Å²) in [4.78, 5) is 40.1. The van der Waals surface area contributed by atoms with Crippen molar-refractivity contribution in [2.75, 3.05) is 13.1 Å². The lowest BCUT2D eigenvalue weighted by atomic mass is 9.85. The smallest absolute Gasteiger partial charge is 0.410 e. The van der Waals surface area contributed by atoms with Crippen LogP contribution in [0.3, 0.4) is 0 Å². The monoisotopic (exact) mass is 537 g/mol. The number of likely N-dealkylation sites (tertiary alicyclic amines) is 1. The minimum absolute atomic E-state index is 0.0297. The summed E-state index contributed by atoms with van der Waals surface area (Å²) in [6, 6.07) is 13.4. The molecule has 3 atom stereocenters. The Hall–Kier alpha value is -3.22. The Morgan fingerprint density at radius 1 is 1.13 bits per heavy atom. The molecule has 0 spiro atoms. The van der Waals surface area contributed by atoms with Crippen molar-refractivity contribution in [1.82, 2.24) is 4.90 Å². The van der Waals surface area contributed by atoms with Crippen molar-refractivity contribution in [3.63, 3.8) is 0 Å². The first-order valence-electron chi connectivity index (χ1n) is 14.0. The van der Waals surface area contributed by atoms with E-state index in [4.69, 9.17) is 9.47 Å². The quantitative estimate of drug-likeness (QED) is 0.331. The fraction of sp³-hybridized carbons (Fsp3) is 0.531. The van der Waals surface area contributed by atoms with Crippen molar-refractivity contribution in [2.45, 2.75) is 96.4 Å². The first-order valence-corrected chi connectivity index (χ1v) is 14.0. The van der Waals surface area contributed by atoms with Gasteiger partial charge in [0.2, 0.25) is 0 Å². The predicted octanol–water partition coefficient (Wildman–Crippen LogP) is 7.28. The molecule has 7 heteroatoms. The number of piperidine rings is 1. The Balaban J connectivity index is 1.48. The average molecular weight is 538 g/mol. The van der Waals surface area contributed by atoms with E-state index in [1.165, 1.54) is 4.90 Å². The molecule has 2 aliphatic rings. The van der Waals surface area contributed by atoms with Crippen LogP contribution < -0.4 is 4.74 Å². The molecule has 39 heavy (non-hydrogen) atoms. The van der Waals surface area contributed by atoms with E-state index in [9.17, 15) is 14.4 Å². The molecule has 2 aromatic carbocycles. The Morgan fingerprint density at radius 2 is 1.85 bits per heavy atom. The van der Waals surface area contributed by atoms with Crippen molar-refractivity contribution in [1.29, 1.82) is 0 Å². The lowest BCUT2D eigenvalue weighted by molar-refractivity contribution is -0.00814. The van der Waals surface area contributed by atoms with E-state index in [2.05, 4.69) is 0 Å². The van der Waals surface area contributed by atoms with Gasteiger partial charge in [-0.2, -0.15) is 0 Å². The molecule has 0 radical (unpaired) electrons. The van der Waals surface area contributed by atoms with Crippen LogP contribution in [0, 0.1) is 0 Å². The lowest BCUT2D eigenvalue weighted by Gasteiger charge is -2.38. The maximum Gasteiger partial charge on any atom is 0.410 e. The van der Waals surface area contributed by atoms with Crippen LogP contribution in [0.4, 0.5) is 9.18 Å². The van der Waals surface area contributed by atoms with E-state index in [1.54, 1.807) is 33.8 Å². The molecular formula is C32H40FNO5. The molecular weight excluding hydrogens is 497 g/mol. The summed E-state index contributed by atoms with van der Waals surface area (Å²) >= 11 is 0. The molecule has 0 aromatic heterocycles. The summed E-state index contributed by atoms with van der Waals surface area (Å²) in [6.07, 6.45) is 1.20. The molecule has 1 saturated heterocycles. The van der Waals surface area contributed by atoms with E-state index >= 15 is 4.39 Å². The summed E-state index contributed by atoms with van der Waals surface area (Å²) < 4.78 is 27.3. The van der Waals surface area contributed by atoms with Gasteiger partial charge in [0.1, 0.15) is 23.1 Å². The molecule has 6 nitrogen and oxygen atoms in total. The summed E-state index contributed by atoms with van der Waals surface area (Å²) in [6.45, 7) is 9.57. The van der Waals surface area contributed by atoms with Crippen LogP contribution in [0.2, 0.25) is 0 Å². The normalized spacial score (nSPS) is 22.7. The molecule has 0 saturated carbocycles. The maximum atomic E-state index is 15.7. The second kappa shape index (κ2) is 11.5.